The van der Waals surface area contributed by atoms with Gasteiger partial charge >= 0.3 is 5.97 Å². The number of rotatable bonds is 14. The van der Waals surface area contributed by atoms with Crippen molar-refractivity contribution in [3.63, 3.8) is 0 Å². The molecule has 0 aliphatic rings. The van der Waals surface area contributed by atoms with Crippen molar-refractivity contribution in [3.05, 3.63) is 118 Å². The fraction of sp³-hybridized carbons (Fsp3) is 0.333. The molecule has 43 heavy (non-hydrogen) atoms. The van der Waals surface area contributed by atoms with E-state index >= 15 is 0 Å². The first-order chi connectivity index (χ1) is 20.8. The second-order valence-electron chi connectivity index (χ2n) is 10.2. The molecule has 2 aromatic heterocycles. The van der Waals surface area contributed by atoms with E-state index < -0.39 is 11.6 Å². The maximum Gasteiger partial charge on any atom is 0.348 e. The van der Waals surface area contributed by atoms with Crippen LogP contribution in [0.5, 0.6) is 11.5 Å². The molecule has 0 aliphatic heterocycles. The summed E-state index contributed by atoms with van der Waals surface area (Å²) >= 11 is 1.76. The molecule has 0 saturated carbocycles. The number of benzene rings is 2. The zero-order valence-corrected chi connectivity index (χ0v) is 26.9. The standard InChI is InChI=1S/C34H37NO5S.C2H6/c1-5-27(9-6-7-10-30-11-8-22-41-30)32-35-31(25(3)39-32)20-21-38-28-18-14-26(15-19-28)23-34(4,33(36)37)40-29-16-12-24(2)13-17-29;1-2/h5-8,11-19,22H,9-10,20-21,23H2,1-4H3,(H,36,37);1-2H3/b7-6-,27-5+;. The molecule has 6 nitrogen and oxygen atoms in total. The number of hydrogen-bond donors (Lipinski definition) is 1. The maximum atomic E-state index is 12.1. The number of carbonyl (C=O) groups is 1. The first kappa shape index (κ1) is 33.4. The molecule has 0 aliphatic carbocycles. The highest BCUT2D eigenvalue weighted by molar-refractivity contribution is 7.09. The average Bonchev–Trinajstić information content (AvgIpc) is 3.66. The summed E-state index contributed by atoms with van der Waals surface area (Å²) in [4.78, 5) is 18.2. The highest BCUT2D eigenvalue weighted by Crippen LogP contribution is 2.25. The molecule has 0 radical (unpaired) electrons. The summed E-state index contributed by atoms with van der Waals surface area (Å²) in [5.41, 5.74) is 2.46. The molecule has 1 atom stereocenters. The van der Waals surface area contributed by atoms with E-state index in [0.717, 1.165) is 41.0 Å². The Morgan fingerprint density at radius 2 is 1.72 bits per heavy atom. The van der Waals surface area contributed by atoms with Crippen LogP contribution in [0.1, 0.15) is 67.5 Å². The number of allylic oxidation sites excluding steroid dienone is 4. The molecule has 0 spiro atoms. The summed E-state index contributed by atoms with van der Waals surface area (Å²) in [6.45, 7) is 11.9. The number of carboxylic acid groups (broad SMARTS) is 1. The molecule has 4 rings (SSSR count). The molecule has 7 heteroatoms. The minimum absolute atomic E-state index is 0.216. The molecule has 2 aromatic carbocycles. The fourth-order valence-electron chi connectivity index (χ4n) is 4.34. The van der Waals surface area contributed by atoms with Crippen LogP contribution < -0.4 is 9.47 Å². The third-order valence-corrected chi connectivity index (χ3v) is 7.71. The van der Waals surface area contributed by atoms with Crippen molar-refractivity contribution in [2.75, 3.05) is 6.61 Å². The van der Waals surface area contributed by atoms with Crippen LogP contribution in [0.2, 0.25) is 0 Å². The molecular weight excluding hydrogens is 558 g/mol. The average molecular weight is 602 g/mol. The molecule has 0 bridgehead atoms. The predicted molar refractivity (Wildman–Crippen MR) is 175 cm³/mol. The molecule has 1 N–H and O–H groups in total. The molecule has 0 amide bonds. The lowest BCUT2D eigenvalue weighted by atomic mass is 9.96. The van der Waals surface area contributed by atoms with Gasteiger partial charge in [-0.05, 0) is 81.8 Å². The van der Waals surface area contributed by atoms with Crippen LogP contribution in [-0.2, 0) is 24.1 Å². The number of aryl methyl sites for hydroxylation is 2. The number of nitrogens with zero attached hydrogens (tertiary/aromatic N) is 1. The highest BCUT2D eigenvalue weighted by Gasteiger charge is 2.36. The van der Waals surface area contributed by atoms with Gasteiger partial charge < -0.3 is 19.0 Å². The summed E-state index contributed by atoms with van der Waals surface area (Å²) in [5, 5.41) is 12.0. The molecule has 0 saturated heterocycles. The number of oxazole rings is 1. The summed E-state index contributed by atoms with van der Waals surface area (Å²) < 4.78 is 17.8. The molecule has 4 aromatic rings. The number of thiophene rings is 1. The lowest BCUT2D eigenvalue weighted by Crippen LogP contribution is -2.43. The number of ether oxygens (including phenoxy) is 2. The summed E-state index contributed by atoms with van der Waals surface area (Å²) in [5.74, 6) is 1.66. The second kappa shape index (κ2) is 16.5. The van der Waals surface area contributed by atoms with Crippen molar-refractivity contribution >= 4 is 22.9 Å². The third kappa shape index (κ3) is 10.00. The Bertz CT molecular complexity index is 1470. The Morgan fingerprint density at radius 1 is 1.02 bits per heavy atom. The Kier molecular flexibility index (Phi) is 12.8. The van der Waals surface area contributed by atoms with Crippen LogP contribution in [-0.4, -0.2) is 28.3 Å². The molecule has 228 valence electrons. The van der Waals surface area contributed by atoms with Crippen LogP contribution in [0.4, 0.5) is 0 Å². The van der Waals surface area contributed by atoms with E-state index in [0.29, 0.717) is 30.4 Å². The van der Waals surface area contributed by atoms with Crippen LogP contribution in [0.3, 0.4) is 0 Å². The summed E-state index contributed by atoms with van der Waals surface area (Å²) in [6, 6.07) is 19.0. The minimum atomic E-state index is -1.40. The normalized spacial score (nSPS) is 12.8. The van der Waals surface area contributed by atoms with Crippen LogP contribution in [0.15, 0.2) is 88.7 Å². The molecule has 0 fully saturated rings. The topological polar surface area (TPSA) is 81.8 Å². The first-order valence-corrected chi connectivity index (χ1v) is 15.6. The lowest BCUT2D eigenvalue weighted by Gasteiger charge is -2.26. The van der Waals surface area contributed by atoms with Crippen molar-refractivity contribution in [2.24, 2.45) is 0 Å². The van der Waals surface area contributed by atoms with Crippen LogP contribution in [0.25, 0.3) is 5.57 Å². The van der Waals surface area contributed by atoms with Crippen molar-refractivity contribution in [3.8, 4) is 11.5 Å². The van der Waals surface area contributed by atoms with Crippen molar-refractivity contribution in [1.29, 1.82) is 0 Å². The van der Waals surface area contributed by atoms with Gasteiger partial charge in [-0.25, -0.2) is 9.78 Å². The summed E-state index contributed by atoms with van der Waals surface area (Å²) in [6.07, 6.45) is 8.92. The van der Waals surface area contributed by atoms with Crippen molar-refractivity contribution in [1.82, 2.24) is 4.98 Å². The number of hydrogen-bond acceptors (Lipinski definition) is 6. The van der Waals surface area contributed by atoms with Gasteiger partial charge in [0.25, 0.3) is 0 Å². The lowest BCUT2D eigenvalue weighted by molar-refractivity contribution is -0.153. The third-order valence-electron chi connectivity index (χ3n) is 6.81. The van der Waals surface area contributed by atoms with Crippen molar-refractivity contribution in [2.45, 2.75) is 72.8 Å². The zero-order valence-electron chi connectivity index (χ0n) is 26.1. The molecule has 2 heterocycles. The SMILES string of the molecule is C/C=C(\C/C=C\Cc1cccs1)c1nc(CCOc2ccc(CC(C)(Oc3ccc(C)cc3)C(=O)O)cc2)c(C)o1.CC. The van der Waals surface area contributed by atoms with Gasteiger partial charge in [0.2, 0.25) is 11.5 Å². The Morgan fingerprint density at radius 3 is 2.35 bits per heavy atom. The fourth-order valence-corrected chi connectivity index (χ4v) is 5.03. The van der Waals surface area contributed by atoms with Crippen LogP contribution >= 0.6 is 11.3 Å². The van der Waals surface area contributed by atoms with E-state index in [4.69, 9.17) is 18.9 Å². The monoisotopic (exact) mass is 601 g/mol. The van der Waals surface area contributed by atoms with E-state index in [1.807, 2.05) is 77.1 Å². The van der Waals surface area contributed by atoms with Gasteiger partial charge in [0, 0.05) is 23.3 Å². The Hall–Kier alpha value is -4.10. The van der Waals surface area contributed by atoms with E-state index in [1.54, 1.807) is 30.4 Å². The predicted octanol–water partition coefficient (Wildman–Crippen LogP) is 9.06. The van der Waals surface area contributed by atoms with Gasteiger partial charge in [-0.1, -0.05) is 68.0 Å². The van der Waals surface area contributed by atoms with E-state index in [-0.39, 0.29) is 6.42 Å². The van der Waals surface area contributed by atoms with Gasteiger partial charge in [-0.2, -0.15) is 0 Å². The van der Waals surface area contributed by atoms with Gasteiger partial charge in [0.1, 0.15) is 17.3 Å². The highest BCUT2D eigenvalue weighted by atomic mass is 32.1. The summed E-state index contributed by atoms with van der Waals surface area (Å²) in [7, 11) is 0. The maximum absolute atomic E-state index is 12.1. The van der Waals surface area contributed by atoms with E-state index in [1.165, 1.54) is 4.88 Å². The Balaban J connectivity index is 0.00000248. The largest absolute Gasteiger partial charge is 0.493 e. The second-order valence-corrected chi connectivity index (χ2v) is 11.2. The van der Waals surface area contributed by atoms with Gasteiger partial charge in [-0.15, -0.1) is 11.3 Å². The number of aromatic nitrogens is 1. The van der Waals surface area contributed by atoms with Gasteiger partial charge in [0.05, 0.1) is 12.3 Å². The van der Waals surface area contributed by atoms with Gasteiger partial charge in [0.15, 0.2) is 0 Å². The van der Waals surface area contributed by atoms with E-state index in [2.05, 4.69) is 29.7 Å². The van der Waals surface area contributed by atoms with E-state index in [9.17, 15) is 9.90 Å². The minimum Gasteiger partial charge on any atom is -0.493 e. The smallest absolute Gasteiger partial charge is 0.348 e. The number of carboxylic acids is 1. The molecule has 1 unspecified atom stereocenters. The quantitative estimate of drug-likeness (QED) is 0.145. The van der Waals surface area contributed by atoms with Crippen LogP contribution in [0, 0.1) is 13.8 Å². The first-order valence-electron chi connectivity index (χ1n) is 14.8. The van der Waals surface area contributed by atoms with Gasteiger partial charge in [-0.3, -0.25) is 0 Å². The Labute approximate surface area is 259 Å². The number of aliphatic carboxylic acids is 1. The van der Waals surface area contributed by atoms with Crippen molar-refractivity contribution < 1.29 is 23.8 Å². The zero-order chi connectivity index (χ0) is 31.2. The molecular formula is C36H43NO5S.